The van der Waals surface area contributed by atoms with Crippen LogP contribution >= 0.6 is 23.6 Å². The topological polar surface area (TPSA) is 3.24 Å². The lowest BCUT2D eigenvalue weighted by Crippen LogP contribution is -2.72. The van der Waals surface area contributed by atoms with E-state index >= 15 is 0 Å². The first-order valence-electron chi connectivity index (χ1n) is 7.04. The van der Waals surface area contributed by atoms with Crippen LogP contribution in [0.3, 0.4) is 0 Å². The van der Waals surface area contributed by atoms with Crippen molar-refractivity contribution in [3.63, 3.8) is 0 Å². The molecule has 22 heavy (non-hydrogen) atoms. The lowest BCUT2D eigenvalue weighted by molar-refractivity contribution is 1.11. The molecule has 3 aromatic carbocycles. The van der Waals surface area contributed by atoms with Crippen LogP contribution < -0.4 is 15.6 Å². The lowest BCUT2D eigenvalue weighted by atomic mass is 10.3. The van der Waals surface area contributed by atoms with Gasteiger partial charge in [0.25, 0.3) is 8.24 Å². The molecule has 1 nitrogen and oxygen atoms in total. The zero-order valence-corrected chi connectivity index (χ0v) is 14.4. The molecule has 0 radical (unpaired) electrons. The number of hydrogen-bond acceptors (Lipinski definition) is 1. The first kappa shape index (κ1) is 15.3. The van der Waals surface area contributed by atoms with E-state index in [1.165, 1.54) is 3.60 Å². The van der Waals surface area contributed by atoms with Gasteiger partial charge in [-0.25, -0.2) is 0 Å². The monoisotopic (exact) mass is 343 g/mol. The van der Waals surface area contributed by atoms with Crippen molar-refractivity contribution in [1.29, 1.82) is 0 Å². The van der Waals surface area contributed by atoms with E-state index in [-0.39, 0.29) is 0 Å². The highest BCUT2D eigenvalue weighted by Crippen LogP contribution is 2.17. The average molecular weight is 344 g/mol. The maximum Gasteiger partial charge on any atom is 0.260 e. The zero-order valence-electron chi connectivity index (χ0n) is 11.9. The molecular weight excluding hydrogens is 329 g/mol. The minimum Gasteiger partial charge on any atom is -0.144 e. The largest absolute Gasteiger partial charge is 0.260 e. The van der Waals surface area contributed by atoms with E-state index in [1.54, 1.807) is 0 Å². The third-order valence-corrected chi connectivity index (χ3v) is 9.36. The molecule has 0 saturated carbocycles. The van der Waals surface area contributed by atoms with Gasteiger partial charge in [0.1, 0.15) is 0 Å². The fourth-order valence-electron chi connectivity index (χ4n) is 2.83. The predicted molar refractivity (Wildman–Crippen MR) is 97.5 cm³/mol. The molecule has 0 aliphatic rings. The first-order valence-corrected chi connectivity index (χ1v) is 9.67. The molecule has 3 aromatic rings. The van der Waals surface area contributed by atoms with E-state index in [1.807, 2.05) is 54.6 Å². The summed E-state index contributed by atoms with van der Waals surface area (Å²) in [4.78, 5) is 0. The Hall–Kier alpha value is -1.58. The molecule has 0 aliphatic carbocycles. The maximum atomic E-state index is 6.46. The van der Waals surface area contributed by atoms with Gasteiger partial charge in [0.05, 0.1) is 0 Å². The molecule has 0 saturated heterocycles. The second-order valence-electron chi connectivity index (χ2n) is 5.04. The summed E-state index contributed by atoms with van der Waals surface area (Å²) >= 11 is 12.9. The number of nitrogens with zero attached hydrogens (tertiary/aromatic N) is 1. The molecule has 4 heteroatoms. The van der Waals surface area contributed by atoms with Crippen molar-refractivity contribution in [3.8, 4) is 0 Å². The van der Waals surface area contributed by atoms with Gasteiger partial charge in [-0.3, -0.25) is 0 Å². The number of halogens is 2. The molecule has 0 heterocycles. The molecule has 110 valence electrons. The zero-order chi connectivity index (χ0) is 15.4. The van der Waals surface area contributed by atoms with Gasteiger partial charge in [0.15, 0.2) is 0 Å². The summed E-state index contributed by atoms with van der Waals surface area (Å²) in [7, 11) is -2.64. The van der Waals surface area contributed by atoms with Crippen LogP contribution in [0.25, 0.3) is 0 Å². The van der Waals surface area contributed by atoms with Crippen LogP contribution in [0.15, 0.2) is 91.0 Å². The molecule has 0 unspecified atom stereocenters. The molecule has 0 bridgehead atoms. The molecule has 0 fully saturated rings. The van der Waals surface area contributed by atoms with Crippen molar-refractivity contribution in [1.82, 2.24) is 3.60 Å². The van der Waals surface area contributed by atoms with Crippen LogP contribution in [0.2, 0.25) is 0 Å². The molecule has 0 spiro atoms. The van der Waals surface area contributed by atoms with E-state index in [0.29, 0.717) is 0 Å². The van der Waals surface area contributed by atoms with Crippen molar-refractivity contribution in [2.24, 2.45) is 0 Å². The Morgan fingerprint density at radius 2 is 0.773 bits per heavy atom. The Labute approximate surface area is 142 Å². The van der Waals surface area contributed by atoms with E-state index < -0.39 is 8.24 Å². The van der Waals surface area contributed by atoms with Crippen LogP contribution in [-0.4, -0.2) is 11.8 Å². The Morgan fingerprint density at radius 1 is 0.500 bits per heavy atom. The minimum absolute atomic E-state index is 1.15. The maximum absolute atomic E-state index is 6.46. The highest BCUT2D eigenvalue weighted by atomic mass is 35.5. The van der Waals surface area contributed by atoms with Crippen molar-refractivity contribution in [2.75, 3.05) is 0 Å². The van der Waals surface area contributed by atoms with Crippen molar-refractivity contribution in [3.05, 3.63) is 91.0 Å². The first-order chi connectivity index (χ1) is 10.8. The Bertz CT molecular complexity index is 621. The molecule has 0 atom stereocenters. The number of hydrogen-bond donors (Lipinski definition) is 0. The normalized spacial score (nSPS) is 11.6. The fourth-order valence-corrected chi connectivity index (χ4v) is 8.20. The molecule has 0 aromatic heterocycles. The van der Waals surface area contributed by atoms with Crippen LogP contribution in [0, 0.1) is 0 Å². The van der Waals surface area contributed by atoms with Gasteiger partial charge in [0.2, 0.25) is 0 Å². The third-order valence-electron chi connectivity index (χ3n) is 3.83. The standard InChI is InChI=1S/C18H15Cl2NSi/c19-21(20)22(16-10-4-1-5-11-16,17-12-6-2-7-13-17)18-14-8-3-9-15-18/h1-15H. The van der Waals surface area contributed by atoms with Crippen LogP contribution in [0.1, 0.15) is 0 Å². The van der Waals surface area contributed by atoms with Gasteiger partial charge in [-0.15, -0.1) is 3.60 Å². The summed E-state index contributed by atoms with van der Waals surface area (Å²) < 4.78 is 1.38. The minimum atomic E-state index is -2.64. The van der Waals surface area contributed by atoms with Gasteiger partial charge in [-0.05, 0) is 39.1 Å². The number of benzene rings is 3. The predicted octanol–water partition coefficient (Wildman–Crippen LogP) is 3.26. The summed E-state index contributed by atoms with van der Waals surface area (Å²) in [5.41, 5.74) is 0. The van der Waals surface area contributed by atoms with E-state index in [2.05, 4.69) is 36.4 Å². The highest BCUT2D eigenvalue weighted by molar-refractivity contribution is 7.13. The third kappa shape index (κ3) is 2.59. The van der Waals surface area contributed by atoms with Gasteiger partial charge in [-0.2, -0.15) is 0 Å². The van der Waals surface area contributed by atoms with Gasteiger partial charge in [-0.1, -0.05) is 91.0 Å². The van der Waals surface area contributed by atoms with E-state index in [9.17, 15) is 0 Å². The van der Waals surface area contributed by atoms with Crippen LogP contribution in [0.5, 0.6) is 0 Å². The Balaban J connectivity index is 2.34. The van der Waals surface area contributed by atoms with Gasteiger partial charge in [0, 0.05) is 0 Å². The molecule has 0 amide bonds. The van der Waals surface area contributed by atoms with E-state index in [0.717, 1.165) is 15.6 Å². The quantitative estimate of drug-likeness (QED) is 0.399. The van der Waals surface area contributed by atoms with E-state index in [4.69, 9.17) is 23.6 Å². The Kier molecular flexibility index (Phi) is 4.65. The highest BCUT2D eigenvalue weighted by Gasteiger charge is 2.45. The molecule has 0 N–H and O–H groups in total. The molecular formula is C18H15Cl2NSi. The second-order valence-corrected chi connectivity index (χ2v) is 10.1. The summed E-state index contributed by atoms with van der Waals surface area (Å²) in [5.74, 6) is 0. The lowest BCUT2D eigenvalue weighted by Gasteiger charge is -2.35. The molecule has 3 rings (SSSR count). The Morgan fingerprint density at radius 3 is 1.00 bits per heavy atom. The van der Waals surface area contributed by atoms with Crippen molar-refractivity contribution in [2.45, 2.75) is 0 Å². The molecule has 0 aliphatic heterocycles. The van der Waals surface area contributed by atoms with Crippen molar-refractivity contribution < 1.29 is 0 Å². The smallest absolute Gasteiger partial charge is 0.144 e. The van der Waals surface area contributed by atoms with Gasteiger partial charge < -0.3 is 0 Å². The fraction of sp³-hybridized carbons (Fsp3) is 0. The van der Waals surface area contributed by atoms with Crippen LogP contribution in [-0.2, 0) is 0 Å². The second kappa shape index (κ2) is 6.67. The van der Waals surface area contributed by atoms with Crippen LogP contribution in [0.4, 0.5) is 0 Å². The summed E-state index contributed by atoms with van der Waals surface area (Å²) in [6.45, 7) is 0. The summed E-state index contributed by atoms with van der Waals surface area (Å²) in [6.07, 6.45) is 0. The average Bonchev–Trinajstić information content (AvgIpc) is 2.58. The van der Waals surface area contributed by atoms with Crippen molar-refractivity contribution >= 4 is 47.3 Å². The SMILES string of the molecule is ClN(Cl)[Si](c1ccccc1)(c1ccccc1)c1ccccc1. The van der Waals surface area contributed by atoms with Gasteiger partial charge >= 0.3 is 0 Å². The summed E-state index contributed by atoms with van der Waals surface area (Å²) in [6, 6.07) is 30.8. The summed E-state index contributed by atoms with van der Waals surface area (Å²) in [5, 5.41) is 3.45. The number of rotatable bonds is 4.